The Morgan fingerprint density at radius 2 is 2.31 bits per heavy atom. The molecule has 1 aliphatic heterocycles. The summed E-state index contributed by atoms with van der Waals surface area (Å²) < 4.78 is 5.25. The number of hydrogen-bond acceptors (Lipinski definition) is 4. The van der Waals surface area contributed by atoms with Gasteiger partial charge in [0.25, 0.3) is 5.91 Å². The van der Waals surface area contributed by atoms with Gasteiger partial charge in [0.15, 0.2) is 12.4 Å². The van der Waals surface area contributed by atoms with Gasteiger partial charge in [0.1, 0.15) is 5.75 Å². The number of Topliss-reactive ketones (excluding diaryl/α,β-unsaturated/α-hetero) is 1. The lowest BCUT2D eigenvalue weighted by molar-refractivity contribution is -0.120. The third-order valence-electron chi connectivity index (χ3n) is 2.51. The topological polar surface area (TPSA) is 46.6 Å². The molecule has 0 spiro atoms. The number of amides is 1. The van der Waals surface area contributed by atoms with E-state index in [1.165, 1.54) is 4.90 Å². The fraction of sp³-hybridized carbons (Fsp3) is 0.273. The zero-order chi connectivity index (χ0) is 11.7. The van der Waals surface area contributed by atoms with Crippen molar-refractivity contribution in [2.45, 2.75) is 0 Å². The van der Waals surface area contributed by atoms with Crippen molar-refractivity contribution in [1.29, 1.82) is 0 Å². The van der Waals surface area contributed by atoms with Crippen molar-refractivity contribution >= 4 is 30.0 Å². The number of thiol groups is 1. The Morgan fingerprint density at radius 3 is 3.00 bits per heavy atom. The van der Waals surface area contributed by atoms with Crippen LogP contribution >= 0.6 is 12.6 Å². The van der Waals surface area contributed by atoms with Gasteiger partial charge in [0.2, 0.25) is 0 Å². The largest absolute Gasteiger partial charge is 0.482 e. The Labute approximate surface area is 98.6 Å². The Hall–Kier alpha value is -1.49. The van der Waals surface area contributed by atoms with E-state index in [-0.39, 0.29) is 24.1 Å². The molecule has 0 radical (unpaired) electrons. The van der Waals surface area contributed by atoms with Crippen LogP contribution in [0.3, 0.4) is 0 Å². The van der Waals surface area contributed by atoms with Crippen LogP contribution in [0.1, 0.15) is 10.4 Å². The van der Waals surface area contributed by atoms with Gasteiger partial charge in [-0.3, -0.25) is 9.59 Å². The van der Waals surface area contributed by atoms with Crippen molar-refractivity contribution in [3.05, 3.63) is 23.8 Å². The van der Waals surface area contributed by atoms with Crippen LogP contribution in [0.15, 0.2) is 18.2 Å². The van der Waals surface area contributed by atoms with Crippen molar-refractivity contribution in [3.8, 4) is 5.75 Å². The molecule has 0 saturated heterocycles. The highest BCUT2D eigenvalue weighted by Gasteiger charge is 2.22. The number of anilines is 1. The molecule has 0 fully saturated rings. The van der Waals surface area contributed by atoms with Crippen LogP contribution in [0.5, 0.6) is 5.75 Å². The maximum absolute atomic E-state index is 11.5. The quantitative estimate of drug-likeness (QED) is 0.620. The molecule has 0 atom stereocenters. The first-order valence-electron chi connectivity index (χ1n) is 4.81. The summed E-state index contributed by atoms with van der Waals surface area (Å²) >= 11 is 3.93. The lowest BCUT2D eigenvalue weighted by Gasteiger charge is -2.26. The fourth-order valence-electron chi connectivity index (χ4n) is 1.54. The summed E-state index contributed by atoms with van der Waals surface area (Å²) in [6, 6.07) is 5.04. The molecule has 84 valence electrons. The summed E-state index contributed by atoms with van der Waals surface area (Å²) in [5, 5.41) is 0. The van der Waals surface area contributed by atoms with Crippen molar-refractivity contribution < 1.29 is 14.3 Å². The number of rotatable bonds is 2. The van der Waals surface area contributed by atoms with E-state index in [4.69, 9.17) is 4.74 Å². The van der Waals surface area contributed by atoms with Gasteiger partial charge < -0.3 is 9.64 Å². The number of ether oxygens (including phenoxy) is 1. The van der Waals surface area contributed by atoms with Crippen molar-refractivity contribution in [3.63, 3.8) is 0 Å². The van der Waals surface area contributed by atoms with E-state index in [9.17, 15) is 9.59 Å². The number of carbonyl (C=O) groups is 2. The van der Waals surface area contributed by atoms with Gasteiger partial charge in [-0.2, -0.15) is 12.6 Å². The lowest BCUT2D eigenvalue weighted by Crippen LogP contribution is -2.35. The van der Waals surface area contributed by atoms with Gasteiger partial charge in [-0.25, -0.2) is 0 Å². The van der Waals surface area contributed by atoms with Crippen molar-refractivity contribution in [2.24, 2.45) is 0 Å². The van der Waals surface area contributed by atoms with Crippen LogP contribution in [0.25, 0.3) is 0 Å². The normalized spacial score (nSPS) is 14.4. The number of likely N-dealkylation sites (N-methyl/N-ethyl adjacent to an activating group) is 1. The summed E-state index contributed by atoms with van der Waals surface area (Å²) in [7, 11) is 1.67. The highest BCUT2D eigenvalue weighted by Crippen LogP contribution is 2.32. The predicted molar refractivity (Wildman–Crippen MR) is 63.5 cm³/mol. The molecule has 1 aromatic rings. The molecular formula is C11H11NO3S. The van der Waals surface area contributed by atoms with Crippen LogP contribution in [0.2, 0.25) is 0 Å². The molecule has 1 aliphatic rings. The maximum atomic E-state index is 11.5. The zero-order valence-electron chi connectivity index (χ0n) is 8.77. The molecule has 1 aromatic carbocycles. The Kier molecular flexibility index (Phi) is 2.87. The van der Waals surface area contributed by atoms with Gasteiger partial charge in [0.05, 0.1) is 11.4 Å². The minimum Gasteiger partial charge on any atom is -0.482 e. The first-order chi connectivity index (χ1) is 7.63. The van der Waals surface area contributed by atoms with Gasteiger partial charge in [-0.05, 0) is 18.2 Å². The molecule has 0 N–H and O–H groups in total. The van der Waals surface area contributed by atoms with Gasteiger partial charge in [-0.15, -0.1) is 0 Å². The molecule has 0 unspecified atom stereocenters. The van der Waals surface area contributed by atoms with E-state index >= 15 is 0 Å². The molecular weight excluding hydrogens is 226 g/mol. The van der Waals surface area contributed by atoms with E-state index < -0.39 is 0 Å². The maximum Gasteiger partial charge on any atom is 0.264 e. The monoisotopic (exact) mass is 237 g/mol. The van der Waals surface area contributed by atoms with Crippen LogP contribution in [-0.2, 0) is 4.79 Å². The Morgan fingerprint density at radius 1 is 1.56 bits per heavy atom. The molecule has 0 bridgehead atoms. The van der Waals surface area contributed by atoms with Crippen LogP contribution in [-0.4, -0.2) is 31.1 Å². The second-order valence-corrected chi connectivity index (χ2v) is 3.82. The number of carbonyl (C=O) groups excluding carboxylic acids is 2. The Bertz CT molecular complexity index is 459. The highest BCUT2D eigenvalue weighted by atomic mass is 32.1. The van der Waals surface area contributed by atoms with Crippen LogP contribution in [0.4, 0.5) is 5.69 Å². The number of hydrogen-bond donors (Lipinski definition) is 1. The molecule has 0 aliphatic carbocycles. The van der Waals surface area contributed by atoms with E-state index in [0.717, 1.165) is 0 Å². The van der Waals surface area contributed by atoms with E-state index in [0.29, 0.717) is 17.0 Å². The third kappa shape index (κ3) is 1.78. The average Bonchev–Trinajstić information content (AvgIpc) is 2.32. The summed E-state index contributed by atoms with van der Waals surface area (Å²) in [4.78, 5) is 24.4. The van der Waals surface area contributed by atoms with E-state index in [2.05, 4.69) is 12.6 Å². The zero-order valence-corrected chi connectivity index (χ0v) is 9.66. The SMILES string of the molecule is CN1C(=O)COc2ccc(C(=O)CS)cc21. The minimum atomic E-state index is -0.122. The third-order valence-corrected chi connectivity index (χ3v) is 2.80. The average molecular weight is 237 g/mol. The minimum absolute atomic E-state index is 0.0450. The molecule has 1 heterocycles. The fourth-order valence-corrected chi connectivity index (χ4v) is 1.72. The molecule has 16 heavy (non-hydrogen) atoms. The van der Waals surface area contributed by atoms with Crippen LogP contribution in [0, 0.1) is 0 Å². The molecule has 2 rings (SSSR count). The highest BCUT2D eigenvalue weighted by molar-refractivity contribution is 7.81. The number of benzene rings is 1. The first-order valence-corrected chi connectivity index (χ1v) is 5.44. The molecule has 0 aromatic heterocycles. The lowest BCUT2D eigenvalue weighted by atomic mass is 10.1. The first kappa shape index (κ1) is 11.0. The number of nitrogens with zero attached hydrogens (tertiary/aromatic N) is 1. The summed E-state index contributed by atoms with van der Waals surface area (Å²) in [5.74, 6) is 0.579. The molecule has 1 amide bonds. The van der Waals surface area contributed by atoms with Crippen molar-refractivity contribution in [1.82, 2.24) is 0 Å². The van der Waals surface area contributed by atoms with E-state index in [1.807, 2.05) is 0 Å². The summed E-state index contributed by atoms with van der Waals surface area (Å²) in [5.41, 5.74) is 1.17. The second kappa shape index (κ2) is 4.17. The molecule has 0 saturated carbocycles. The van der Waals surface area contributed by atoms with Crippen molar-refractivity contribution in [2.75, 3.05) is 24.3 Å². The van der Waals surface area contributed by atoms with Gasteiger partial charge in [0, 0.05) is 12.6 Å². The summed E-state index contributed by atoms with van der Waals surface area (Å²) in [6.07, 6.45) is 0. The second-order valence-electron chi connectivity index (χ2n) is 3.51. The van der Waals surface area contributed by atoms with Gasteiger partial charge >= 0.3 is 0 Å². The number of fused-ring (bicyclic) bond motifs is 1. The predicted octanol–water partition coefficient (Wildman–Crippen LogP) is 1.15. The standard InChI is InChI=1S/C11H11NO3S/c1-12-8-4-7(9(13)6-16)2-3-10(8)15-5-11(12)14/h2-4,16H,5-6H2,1H3. The van der Waals surface area contributed by atoms with E-state index in [1.54, 1.807) is 25.2 Å². The van der Waals surface area contributed by atoms with Crippen LogP contribution < -0.4 is 9.64 Å². The molecule has 5 heteroatoms. The smallest absolute Gasteiger partial charge is 0.264 e. The molecule has 4 nitrogen and oxygen atoms in total. The Balaban J connectivity index is 2.44. The van der Waals surface area contributed by atoms with Gasteiger partial charge in [-0.1, -0.05) is 0 Å². The summed E-state index contributed by atoms with van der Waals surface area (Å²) in [6.45, 7) is 0.0450. The number of ketones is 1.